The van der Waals surface area contributed by atoms with Gasteiger partial charge in [-0.05, 0) is 73.6 Å². The second-order valence-corrected chi connectivity index (χ2v) is 15.0. The molecule has 0 aromatic carbocycles. The SMILES string of the molecule is C[C@@H](NC(=O)C[n+]1ccc(-c2cc[n+](CCC[n+]3ccc(-c4cc[n+](CC(=O)N[C@H](C)C5CCCCC5)cc4)cc3)cc2)cc1)C1CCCCC1. The molecule has 51 heavy (non-hydrogen) atoms. The van der Waals surface area contributed by atoms with Crippen molar-refractivity contribution >= 4 is 11.8 Å². The average Bonchev–Trinajstić information content (AvgIpc) is 3.16. The molecule has 2 aliphatic carbocycles. The summed E-state index contributed by atoms with van der Waals surface area (Å²) in [6, 6.07) is 17.5. The van der Waals surface area contributed by atoms with Crippen LogP contribution in [0, 0.1) is 11.8 Å². The van der Waals surface area contributed by atoms with E-state index >= 15 is 0 Å². The third kappa shape index (κ3) is 10.8. The molecule has 6 rings (SSSR count). The molecular weight excluding hydrogens is 633 g/mol. The number of pyridine rings is 4. The molecule has 0 saturated heterocycles. The summed E-state index contributed by atoms with van der Waals surface area (Å²) in [7, 11) is 0. The monoisotopic (exact) mass is 690 g/mol. The molecule has 4 heterocycles. The summed E-state index contributed by atoms with van der Waals surface area (Å²) in [5, 5.41) is 6.46. The van der Waals surface area contributed by atoms with E-state index in [1.807, 2.05) is 33.9 Å². The van der Waals surface area contributed by atoms with E-state index < -0.39 is 0 Å². The van der Waals surface area contributed by atoms with Crippen molar-refractivity contribution in [1.82, 2.24) is 10.6 Å². The minimum Gasteiger partial charge on any atom is -0.348 e. The largest absolute Gasteiger partial charge is 0.348 e. The van der Waals surface area contributed by atoms with Crippen LogP contribution in [-0.4, -0.2) is 23.9 Å². The Hall–Kier alpha value is -4.46. The number of hydrogen-bond donors (Lipinski definition) is 2. The van der Waals surface area contributed by atoms with Crippen LogP contribution in [0.15, 0.2) is 98.1 Å². The van der Waals surface area contributed by atoms with Gasteiger partial charge in [0.25, 0.3) is 11.8 Å². The summed E-state index contributed by atoms with van der Waals surface area (Å²) in [6.07, 6.45) is 30.3. The summed E-state index contributed by atoms with van der Waals surface area (Å²) in [4.78, 5) is 25.3. The first kappa shape index (κ1) is 36.3. The number of carbonyl (C=O) groups excluding carboxylic acids is 2. The second kappa shape index (κ2) is 18.2. The fraction of sp³-hybridized carbons (Fsp3) is 0.488. The number of rotatable bonds is 14. The first-order valence-electron chi connectivity index (χ1n) is 19.5. The maximum absolute atomic E-state index is 12.7. The molecule has 0 spiro atoms. The van der Waals surface area contributed by atoms with Crippen LogP contribution in [0.2, 0.25) is 0 Å². The zero-order valence-electron chi connectivity index (χ0n) is 30.8. The van der Waals surface area contributed by atoms with Gasteiger partial charge in [-0.2, -0.15) is 9.13 Å². The lowest BCUT2D eigenvalue weighted by atomic mass is 9.84. The van der Waals surface area contributed by atoms with Crippen molar-refractivity contribution in [3.05, 3.63) is 98.1 Å². The lowest BCUT2D eigenvalue weighted by Gasteiger charge is -2.27. The van der Waals surface area contributed by atoms with Crippen molar-refractivity contribution in [2.24, 2.45) is 11.8 Å². The molecule has 0 aliphatic heterocycles. The van der Waals surface area contributed by atoms with Crippen LogP contribution in [0.1, 0.15) is 84.5 Å². The second-order valence-electron chi connectivity index (χ2n) is 15.0. The van der Waals surface area contributed by atoms with Gasteiger partial charge in [-0.1, -0.05) is 38.5 Å². The standard InChI is InChI=1S/C43H56N6O2/c1-34(36-10-5-3-6-11-36)44-42(50)32-48-28-18-40(19-29-48)38-14-24-46(25-15-38)22-9-23-47-26-16-39(17-27-47)41-20-30-49(31-21-41)33-43(51)45-35(2)37-12-7-4-8-13-37/h14-21,24-31,34-37H,3-13,22-23,32-33H2,1-2H3/q+2/p+2/t34-,35-/m1/s1. The number of aryl methyl sites for hydroxylation is 2. The molecule has 4 aromatic rings. The Balaban J connectivity index is 0.912. The topological polar surface area (TPSA) is 73.7 Å². The number of nitrogens with zero attached hydrogens (tertiary/aromatic N) is 4. The van der Waals surface area contributed by atoms with Crippen LogP contribution in [0.5, 0.6) is 0 Å². The maximum Gasteiger partial charge on any atom is 0.286 e. The number of hydrogen-bond acceptors (Lipinski definition) is 2. The van der Waals surface area contributed by atoms with Crippen LogP contribution in [-0.2, 0) is 35.8 Å². The predicted octanol–water partition coefficient (Wildman–Crippen LogP) is 5.43. The van der Waals surface area contributed by atoms with Gasteiger partial charge in [0.1, 0.15) is 0 Å². The third-order valence-electron chi connectivity index (χ3n) is 11.2. The summed E-state index contributed by atoms with van der Waals surface area (Å²) >= 11 is 0. The number of aromatic nitrogens is 4. The minimum absolute atomic E-state index is 0.0856. The van der Waals surface area contributed by atoms with Gasteiger partial charge in [-0.15, -0.1) is 0 Å². The summed E-state index contributed by atoms with van der Waals surface area (Å²) in [5.74, 6) is 1.40. The lowest BCUT2D eigenvalue weighted by Crippen LogP contribution is -2.47. The van der Waals surface area contributed by atoms with Crippen molar-refractivity contribution in [3.8, 4) is 22.3 Å². The van der Waals surface area contributed by atoms with E-state index in [1.54, 1.807) is 0 Å². The van der Waals surface area contributed by atoms with E-state index in [4.69, 9.17) is 0 Å². The predicted molar refractivity (Wildman–Crippen MR) is 198 cm³/mol. The Morgan fingerprint density at radius 3 is 1.12 bits per heavy atom. The van der Waals surface area contributed by atoms with E-state index in [0.717, 1.165) is 41.8 Å². The lowest BCUT2D eigenvalue weighted by molar-refractivity contribution is -0.726. The molecule has 0 radical (unpaired) electrons. The molecule has 0 unspecified atom stereocenters. The highest BCUT2D eigenvalue weighted by Gasteiger charge is 2.24. The normalized spacial score (nSPS) is 16.7. The van der Waals surface area contributed by atoms with Crippen LogP contribution < -0.4 is 28.9 Å². The Morgan fingerprint density at radius 2 is 0.804 bits per heavy atom. The first-order valence-corrected chi connectivity index (χ1v) is 19.5. The quantitative estimate of drug-likeness (QED) is 0.173. The smallest absolute Gasteiger partial charge is 0.286 e. The molecule has 0 bridgehead atoms. The van der Waals surface area contributed by atoms with E-state index in [9.17, 15) is 9.59 Å². The molecule has 4 aromatic heterocycles. The van der Waals surface area contributed by atoms with Crippen molar-refractivity contribution in [3.63, 3.8) is 0 Å². The van der Waals surface area contributed by atoms with Crippen molar-refractivity contribution in [1.29, 1.82) is 0 Å². The molecule has 2 N–H and O–H groups in total. The van der Waals surface area contributed by atoms with Gasteiger partial charge in [0.15, 0.2) is 62.7 Å². The van der Waals surface area contributed by atoms with Crippen LogP contribution in [0.25, 0.3) is 22.3 Å². The van der Waals surface area contributed by atoms with Crippen molar-refractivity contribution in [2.45, 2.75) is 123 Å². The van der Waals surface area contributed by atoms with Gasteiger partial charge in [-0.3, -0.25) is 9.59 Å². The molecule has 2 saturated carbocycles. The van der Waals surface area contributed by atoms with E-state index in [1.165, 1.54) is 64.2 Å². The van der Waals surface area contributed by atoms with E-state index in [-0.39, 0.29) is 23.9 Å². The fourth-order valence-electron chi connectivity index (χ4n) is 7.98. The Bertz CT molecular complexity index is 1550. The van der Waals surface area contributed by atoms with Gasteiger partial charge in [0.2, 0.25) is 13.1 Å². The van der Waals surface area contributed by atoms with Gasteiger partial charge in [-0.25, -0.2) is 9.13 Å². The van der Waals surface area contributed by atoms with E-state index in [0.29, 0.717) is 24.9 Å². The molecule has 268 valence electrons. The molecule has 2 aliphatic rings. The highest BCUT2D eigenvalue weighted by molar-refractivity contribution is 5.75. The van der Waals surface area contributed by atoms with Crippen LogP contribution in [0.4, 0.5) is 0 Å². The molecule has 2 fully saturated rings. The number of carbonyl (C=O) groups is 2. The number of nitrogens with one attached hydrogen (secondary N) is 2. The van der Waals surface area contributed by atoms with Gasteiger partial charge < -0.3 is 10.6 Å². The Labute approximate surface area is 304 Å². The zero-order chi connectivity index (χ0) is 35.4. The van der Waals surface area contributed by atoms with Gasteiger partial charge in [0.05, 0.1) is 6.42 Å². The fourth-order valence-corrected chi connectivity index (χ4v) is 7.98. The van der Waals surface area contributed by atoms with Gasteiger partial charge in [0, 0.05) is 60.6 Å². The molecule has 8 heteroatoms. The Kier molecular flexibility index (Phi) is 12.9. The van der Waals surface area contributed by atoms with Crippen molar-refractivity contribution < 1.29 is 27.9 Å². The summed E-state index contributed by atoms with van der Waals surface area (Å²) in [6.45, 7) is 6.88. The average molecular weight is 691 g/mol. The molecular formula is C43H58N6O2+4. The molecule has 2 amide bonds. The first-order chi connectivity index (χ1) is 24.9. The minimum atomic E-state index is 0.0856. The molecule has 2 atom stereocenters. The zero-order valence-corrected chi connectivity index (χ0v) is 30.8. The molecule has 8 nitrogen and oxygen atoms in total. The number of amides is 2. The summed E-state index contributed by atoms with van der Waals surface area (Å²) < 4.78 is 8.37. The third-order valence-corrected chi connectivity index (χ3v) is 11.2. The van der Waals surface area contributed by atoms with Crippen molar-refractivity contribution in [2.75, 3.05) is 0 Å². The van der Waals surface area contributed by atoms with Gasteiger partial charge >= 0.3 is 0 Å². The highest BCUT2D eigenvalue weighted by Crippen LogP contribution is 2.27. The van der Waals surface area contributed by atoms with Crippen LogP contribution in [0.3, 0.4) is 0 Å². The van der Waals surface area contributed by atoms with Crippen LogP contribution >= 0.6 is 0 Å². The highest BCUT2D eigenvalue weighted by atomic mass is 16.2. The Morgan fingerprint density at radius 1 is 0.510 bits per heavy atom. The summed E-state index contributed by atoms with van der Waals surface area (Å²) in [5.41, 5.74) is 4.61. The van der Waals surface area contributed by atoms with E-state index in [2.05, 4.69) is 107 Å². The maximum atomic E-state index is 12.7.